The summed E-state index contributed by atoms with van der Waals surface area (Å²) in [6.45, 7) is 0. The summed E-state index contributed by atoms with van der Waals surface area (Å²) >= 11 is 0. The number of imidazole rings is 1. The van der Waals surface area contributed by atoms with Crippen molar-refractivity contribution in [2.75, 3.05) is 0 Å². The lowest BCUT2D eigenvalue weighted by Crippen LogP contribution is -2.25. The van der Waals surface area contributed by atoms with Gasteiger partial charge in [0.25, 0.3) is 0 Å². The van der Waals surface area contributed by atoms with E-state index in [1.54, 1.807) is 0 Å². The third-order valence-electron chi connectivity index (χ3n) is 10.0. The Morgan fingerprint density at radius 2 is 1.12 bits per heavy atom. The van der Waals surface area contributed by atoms with E-state index >= 15 is 4.57 Å². The molecule has 0 radical (unpaired) electrons. The van der Waals surface area contributed by atoms with Crippen LogP contribution in [0.25, 0.3) is 71.0 Å². The van der Waals surface area contributed by atoms with Crippen molar-refractivity contribution in [3.05, 3.63) is 176 Å². The fraction of sp³-hybridized carbons (Fsp3) is 0. The highest BCUT2D eigenvalue weighted by atomic mass is 31.2. The molecule has 0 aliphatic heterocycles. The SMILES string of the molecule is O=P(c1ccccc1)(c1ccccc1)c1ccc(-c2ccc3c(c2)c2ccc4ccccc4c2c2nc4ccccc4n32)c2ccccc12. The van der Waals surface area contributed by atoms with Gasteiger partial charge in [0.05, 0.1) is 16.6 Å². The van der Waals surface area contributed by atoms with Crippen LogP contribution >= 0.6 is 7.14 Å². The number of benzene rings is 8. The van der Waals surface area contributed by atoms with Gasteiger partial charge in [0.1, 0.15) is 5.65 Å². The lowest BCUT2D eigenvalue weighted by Gasteiger charge is -2.23. The largest absolute Gasteiger partial charge is 0.309 e. The summed E-state index contributed by atoms with van der Waals surface area (Å²) in [5, 5.41) is 10.5. The molecule has 2 heterocycles. The van der Waals surface area contributed by atoms with Crippen molar-refractivity contribution in [3.8, 4) is 11.1 Å². The van der Waals surface area contributed by atoms with Crippen LogP contribution in [0.2, 0.25) is 0 Å². The maximum Gasteiger partial charge on any atom is 0.171 e. The minimum atomic E-state index is -3.18. The third kappa shape index (κ3) is 4.10. The van der Waals surface area contributed by atoms with E-state index in [9.17, 15) is 0 Å². The van der Waals surface area contributed by atoms with Gasteiger partial charge in [0.2, 0.25) is 0 Å². The standard InChI is InChI=1S/C45H29N2OP/c48-49(32-14-3-1-4-15-32,33-16-5-2-6-17-33)43-28-26-34(36-19-9-10-20-37(36)43)31-24-27-41-39(29-31)38-25-23-30-13-7-8-18-35(30)44(38)45-46-40-21-11-12-22-42(40)47(41)45/h1-29H. The fourth-order valence-electron chi connectivity index (χ4n) is 7.80. The second kappa shape index (κ2) is 10.8. The minimum absolute atomic E-state index is 0.833. The molecular formula is C45H29N2OP. The van der Waals surface area contributed by atoms with Crippen LogP contribution in [0, 0.1) is 0 Å². The van der Waals surface area contributed by atoms with Gasteiger partial charge in [-0.05, 0) is 68.4 Å². The van der Waals surface area contributed by atoms with Crippen LogP contribution in [0.5, 0.6) is 0 Å². The van der Waals surface area contributed by atoms with E-state index in [-0.39, 0.29) is 0 Å². The van der Waals surface area contributed by atoms with Crippen molar-refractivity contribution in [1.82, 2.24) is 9.38 Å². The predicted molar refractivity (Wildman–Crippen MR) is 208 cm³/mol. The second-order valence-electron chi connectivity index (χ2n) is 12.7. The molecule has 0 bridgehead atoms. The Kier molecular flexibility index (Phi) is 6.15. The molecule has 2 aromatic heterocycles. The Morgan fingerprint density at radius 3 is 1.90 bits per heavy atom. The van der Waals surface area contributed by atoms with Gasteiger partial charge in [0.15, 0.2) is 7.14 Å². The molecule has 3 nitrogen and oxygen atoms in total. The zero-order valence-corrected chi connectivity index (χ0v) is 27.4. The molecule has 0 spiro atoms. The maximum atomic E-state index is 15.5. The first-order valence-corrected chi connectivity index (χ1v) is 18.3. The van der Waals surface area contributed by atoms with Gasteiger partial charge in [0, 0.05) is 26.7 Å². The molecule has 8 aromatic carbocycles. The van der Waals surface area contributed by atoms with E-state index < -0.39 is 7.14 Å². The average molecular weight is 645 g/mol. The van der Waals surface area contributed by atoms with Gasteiger partial charge < -0.3 is 4.57 Å². The first-order valence-electron chi connectivity index (χ1n) is 16.6. The first-order chi connectivity index (χ1) is 24.2. The average Bonchev–Trinajstić information content (AvgIpc) is 3.57. The lowest BCUT2D eigenvalue weighted by atomic mass is 9.94. The van der Waals surface area contributed by atoms with E-state index in [1.165, 1.54) is 21.5 Å². The van der Waals surface area contributed by atoms with Crippen LogP contribution in [-0.4, -0.2) is 9.38 Å². The normalized spacial score (nSPS) is 12.2. The summed E-state index contributed by atoms with van der Waals surface area (Å²) in [4.78, 5) is 5.18. The zero-order chi connectivity index (χ0) is 32.5. The summed E-state index contributed by atoms with van der Waals surface area (Å²) < 4.78 is 17.8. The maximum absolute atomic E-state index is 15.5. The van der Waals surface area contributed by atoms with E-state index in [1.807, 2.05) is 60.7 Å². The van der Waals surface area contributed by atoms with Gasteiger partial charge in [-0.2, -0.15) is 0 Å². The molecule has 0 saturated carbocycles. The monoisotopic (exact) mass is 644 g/mol. The van der Waals surface area contributed by atoms with Gasteiger partial charge >= 0.3 is 0 Å². The zero-order valence-electron chi connectivity index (χ0n) is 26.5. The Balaban J connectivity index is 1.27. The van der Waals surface area contributed by atoms with Crippen molar-refractivity contribution in [2.45, 2.75) is 0 Å². The summed E-state index contributed by atoms with van der Waals surface area (Å²) in [6.07, 6.45) is 0. The molecule has 230 valence electrons. The number of rotatable bonds is 4. The number of aromatic nitrogens is 2. The van der Waals surface area contributed by atoms with Crippen molar-refractivity contribution >= 4 is 83.0 Å². The topological polar surface area (TPSA) is 34.4 Å². The van der Waals surface area contributed by atoms with Crippen molar-refractivity contribution in [1.29, 1.82) is 0 Å². The van der Waals surface area contributed by atoms with E-state index in [0.717, 1.165) is 65.4 Å². The number of para-hydroxylation sites is 2. The van der Waals surface area contributed by atoms with Crippen LogP contribution in [0.1, 0.15) is 0 Å². The Morgan fingerprint density at radius 1 is 0.469 bits per heavy atom. The first kappa shape index (κ1) is 28.0. The molecule has 4 heteroatoms. The summed E-state index contributed by atoms with van der Waals surface area (Å²) in [5.41, 5.74) is 6.39. The molecule has 10 aromatic rings. The molecule has 0 fully saturated rings. The van der Waals surface area contributed by atoms with Crippen LogP contribution in [-0.2, 0) is 4.57 Å². The Bertz CT molecular complexity index is 2920. The highest BCUT2D eigenvalue weighted by molar-refractivity contribution is 7.85. The predicted octanol–water partition coefficient (Wildman–Crippen LogP) is 10.4. The molecule has 0 atom stereocenters. The molecule has 0 saturated heterocycles. The van der Waals surface area contributed by atoms with Crippen molar-refractivity contribution in [3.63, 3.8) is 0 Å². The summed E-state index contributed by atoms with van der Waals surface area (Å²) in [7, 11) is -3.18. The second-order valence-corrected chi connectivity index (χ2v) is 15.4. The van der Waals surface area contributed by atoms with Crippen LogP contribution in [0.4, 0.5) is 0 Å². The molecule has 0 aliphatic rings. The fourth-order valence-corrected chi connectivity index (χ4v) is 10.7. The van der Waals surface area contributed by atoms with Gasteiger partial charge in [-0.3, -0.25) is 4.40 Å². The van der Waals surface area contributed by atoms with Crippen molar-refractivity contribution < 1.29 is 4.57 Å². The number of hydrogen-bond acceptors (Lipinski definition) is 2. The summed E-state index contributed by atoms with van der Waals surface area (Å²) in [6, 6.07) is 60.8. The van der Waals surface area contributed by atoms with E-state index in [4.69, 9.17) is 4.98 Å². The summed E-state index contributed by atoms with van der Waals surface area (Å²) in [5.74, 6) is 0. The van der Waals surface area contributed by atoms with E-state index in [0.29, 0.717) is 0 Å². The highest BCUT2D eigenvalue weighted by Gasteiger charge is 2.31. The van der Waals surface area contributed by atoms with Crippen molar-refractivity contribution in [2.24, 2.45) is 0 Å². The number of nitrogens with zero attached hydrogens (tertiary/aromatic N) is 2. The molecule has 0 amide bonds. The van der Waals surface area contributed by atoms with Gasteiger partial charge in [-0.15, -0.1) is 0 Å². The third-order valence-corrected chi connectivity index (χ3v) is 13.2. The number of hydrogen-bond donors (Lipinski definition) is 0. The van der Waals surface area contributed by atoms with Gasteiger partial charge in [-0.1, -0.05) is 146 Å². The Labute approximate surface area is 283 Å². The molecule has 0 N–H and O–H groups in total. The quantitative estimate of drug-likeness (QED) is 0.141. The molecule has 0 aliphatic carbocycles. The van der Waals surface area contributed by atoms with Crippen LogP contribution in [0.15, 0.2) is 176 Å². The smallest absolute Gasteiger partial charge is 0.171 e. The lowest BCUT2D eigenvalue weighted by molar-refractivity contribution is 0.592. The number of fused-ring (bicyclic) bond motifs is 11. The highest BCUT2D eigenvalue weighted by Crippen LogP contribution is 2.46. The van der Waals surface area contributed by atoms with Crippen LogP contribution < -0.4 is 15.9 Å². The molecular weight excluding hydrogens is 615 g/mol. The van der Waals surface area contributed by atoms with Crippen LogP contribution in [0.3, 0.4) is 0 Å². The minimum Gasteiger partial charge on any atom is -0.309 e. The Hall–Kier alpha value is -6.02. The van der Waals surface area contributed by atoms with Gasteiger partial charge in [-0.25, -0.2) is 4.98 Å². The molecule has 10 rings (SSSR count). The molecule has 0 unspecified atom stereocenters. The molecule has 49 heavy (non-hydrogen) atoms. The number of pyridine rings is 1. The van der Waals surface area contributed by atoms with E-state index in [2.05, 4.69) is 120 Å².